The zero-order chi connectivity index (χ0) is 18.4. The summed E-state index contributed by atoms with van der Waals surface area (Å²) in [7, 11) is 0. The second-order valence-corrected chi connectivity index (χ2v) is 5.55. The van der Waals surface area contributed by atoms with Crippen molar-refractivity contribution >= 4 is 29.7 Å². The number of ether oxygens (including phenoxy) is 1. The Bertz CT molecular complexity index is 934. The molecule has 0 bridgehead atoms. The quantitative estimate of drug-likeness (QED) is 0.320. The number of halogens is 1. The van der Waals surface area contributed by atoms with Crippen molar-refractivity contribution in [2.24, 2.45) is 5.10 Å². The number of rotatable bonds is 5. The minimum atomic E-state index is -0.526. The lowest BCUT2D eigenvalue weighted by molar-refractivity contribution is 0.0734. The number of nitrogens with one attached hydrogen (secondary N) is 1. The summed E-state index contributed by atoms with van der Waals surface area (Å²) in [5.41, 5.74) is 3.22. The van der Waals surface area contributed by atoms with Crippen molar-refractivity contribution < 1.29 is 18.7 Å². The Morgan fingerprint density at radius 2 is 1.81 bits per heavy atom. The number of amides is 1. The molecule has 0 saturated carbocycles. The van der Waals surface area contributed by atoms with Gasteiger partial charge in [-0.2, -0.15) is 5.10 Å². The minimum Gasteiger partial charge on any atom is -0.459 e. The number of esters is 1. The number of benzene rings is 2. The van der Waals surface area contributed by atoms with Crippen molar-refractivity contribution in [1.29, 1.82) is 0 Å². The Morgan fingerprint density at radius 3 is 2.54 bits per heavy atom. The van der Waals surface area contributed by atoms with Gasteiger partial charge in [0.2, 0.25) is 0 Å². The van der Waals surface area contributed by atoms with Gasteiger partial charge in [0.25, 0.3) is 0 Å². The minimum absolute atomic E-state index is 0.143. The number of hydrogen-bond acceptors (Lipinski definition) is 5. The van der Waals surface area contributed by atoms with Gasteiger partial charge in [-0.1, -0.05) is 23.7 Å². The molecule has 0 aliphatic heterocycles. The number of para-hydroxylation sites is 1. The first-order chi connectivity index (χ1) is 12.6. The molecule has 0 atom stereocenters. The first kappa shape index (κ1) is 17.4. The molecule has 2 aromatic carbocycles. The molecule has 0 spiro atoms. The van der Waals surface area contributed by atoms with Crippen LogP contribution >= 0.6 is 11.6 Å². The van der Waals surface area contributed by atoms with Crippen LogP contribution in [0, 0.1) is 0 Å². The molecule has 0 saturated heterocycles. The predicted octanol–water partition coefficient (Wildman–Crippen LogP) is 3.92. The second-order valence-electron chi connectivity index (χ2n) is 5.11. The first-order valence-corrected chi connectivity index (χ1v) is 7.95. The summed E-state index contributed by atoms with van der Waals surface area (Å²) in [6.07, 6.45) is 2.77. The summed E-state index contributed by atoms with van der Waals surface area (Å²) in [6, 6.07) is 16.3. The van der Waals surface area contributed by atoms with E-state index in [0.717, 1.165) is 0 Å². The van der Waals surface area contributed by atoms with Crippen LogP contribution in [0.15, 0.2) is 76.4 Å². The van der Waals surface area contributed by atoms with Crippen LogP contribution in [0.3, 0.4) is 0 Å². The van der Waals surface area contributed by atoms with Crippen molar-refractivity contribution in [2.45, 2.75) is 0 Å². The molecule has 0 aliphatic carbocycles. The predicted molar refractivity (Wildman–Crippen MR) is 96.6 cm³/mol. The fraction of sp³-hybridized carbons (Fsp3) is 0. The van der Waals surface area contributed by atoms with E-state index in [2.05, 4.69) is 10.5 Å². The van der Waals surface area contributed by atoms with Gasteiger partial charge >= 0.3 is 11.9 Å². The number of hydrogen-bond donors (Lipinski definition) is 1. The van der Waals surface area contributed by atoms with Gasteiger partial charge in [-0.15, -0.1) is 0 Å². The number of furan rings is 1. The van der Waals surface area contributed by atoms with Gasteiger partial charge in [0.1, 0.15) is 5.75 Å². The lowest BCUT2D eigenvalue weighted by Crippen LogP contribution is -2.17. The van der Waals surface area contributed by atoms with Gasteiger partial charge in [-0.25, -0.2) is 10.2 Å². The molecule has 1 amide bonds. The Hall–Kier alpha value is -3.38. The molecule has 0 radical (unpaired) electrons. The molecule has 1 aromatic heterocycles. The smallest absolute Gasteiger partial charge is 0.343 e. The number of carbonyl (C=O) groups excluding carboxylic acids is 2. The lowest BCUT2D eigenvalue weighted by Gasteiger charge is -2.07. The van der Waals surface area contributed by atoms with E-state index in [1.54, 1.807) is 54.6 Å². The third kappa shape index (κ3) is 4.37. The van der Waals surface area contributed by atoms with Crippen molar-refractivity contribution in [1.82, 2.24) is 5.43 Å². The van der Waals surface area contributed by atoms with Crippen LogP contribution in [0.4, 0.5) is 0 Å². The van der Waals surface area contributed by atoms with Gasteiger partial charge in [0, 0.05) is 10.6 Å². The van der Waals surface area contributed by atoms with Crippen LogP contribution in [0.1, 0.15) is 26.5 Å². The van der Waals surface area contributed by atoms with E-state index in [0.29, 0.717) is 21.9 Å². The van der Waals surface area contributed by atoms with Crippen LogP contribution < -0.4 is 10.2 Å². The fourth-order valence-electron chi connectivity index (χ4n) is 2.05. The maximum Gasteiger partial charge on any atom is 0.343 e. The molecule has 0 unspecified atom stereocenters. The molecule has 26 heavy (non-hydrogen) atoms. The number of carbonyl (C=O) groups is 2. The molecular formula is C19H13ClN2O4. The maximum absolute atomic E-state index is 12.2. The monoisotopic (exact) mass is 368 g/mol. The Labute approximate surface area is 154 Å². The molecule has 1 heterocycles. The Morgan fingerprint density at radius 1 is 1.04 bits per heavy atom. The van der Waals surface area contributed by atoms with Crippen LogP contribution in [0.5, 0.6) is 5.75 Å². The first-order valence-electron chi connectivity index (χ1n) is 7.57. The zero-order valence-electron chi connectivity index (χ0n) is 13.4. The largest absolute Gasteiger partial charge is 0.459 e. The van der Waals surface area contributed by atoms with E-state index in [-0.39, 0.29) is 5.76 Å². The van der Waals surface area contributed by atoms with Gasteiger partial charge in [0.15, 0.2) is 5.76 Å². The molecule has 0 aliphatic rings. The van der Waals surface area contributed by atoms with Gasteiger partial charge in [-0.05, 0) is 48.5 Å². The highest BCUT2D eigenvalue weighted by Gasteiger charge is 2.11. The van der Waals surface area contributed by atoms with E-state index in [4.69, 9.17) is 20.8 Å². The highest BCUT2D eigenvalue weighted by atomic mass is 35.5. The van der Waals surface area contributed by atoms with Crippen molar-refractivity contribution in [3.63, 3.8) is 0 Å². The molecule has 1 N–H and O–H groups in total. The summed E-state index contributed by atoms with van der Waals surface area (Å²) >= 11 is 5.81. The molecule has 3 aromatic rings. The second kappa shape index (κ2) is 8.13. The lowest BCUT2D eigenvalue weighted by atomic mass is 10.2. The van der Waals surface area contributed by atoms with E-state index in [1.165, 1.54) is 18.5 Å². The molecule has 6 nitrogen and oxygen atoms in total. The summed E-state index contributed by atoms with van der Waals surface area (Å²) in [5, 5.41) is 4.39. The molecule has 0 fully saturated rings. The maximum atomic E-state index is 12.2. The fourth-order valence-corrected chi connectivity index (χ4v) is 2.17. The van der Waals surface area contributed by atoms with Crippen LogP contribution in [0.25, 0.3) is 0 Å². The average Bonchev–Trinajstić information content (AvgIpc) is 3.18. The van der Waals surface area contributed by atoms with E-state index >= 15 is 0 Å². The summed E-state index contributed by atoms with van der Waals surface area (Å²) < 4.78 is 10.4. The van der Waals surface area contributed by atoms with Crippen molar-refractivity contribution in [2.75, 3.05) is 0 Å². The molecule has 7 heteroatoms. The van der Waals surface area contributed by atoms with Crippen LogP contribution in [-0.4, -0.2) is 18.1 Å². The normalized spacial score (nSPS) is 10.7. The molecule has 130 valence electrons. The summed E-state index contributed by atoms with van der Waals surface area (Å²) in [4.78, 5) is 24.0. The third-order valence-corrected chi connectivity index (χ3v) is 3.57. The average molecular weight is 369 g/mol. The highest BCUT2D eigenvalue weighted by Crippen LogP contribution is 2.18. The zero-order valence-corrected chi connectivity index (χ0v) is 14.1. The van der Waals surface area contributed by atoms with E-state index in [1.807, 2.05) is 0 Å². The number of nitrogens with zero attached hydrogens (tertiary/aromatic N) is 1. The van der Waals surface area contributed by atoms with E-state index in [9.17, 15) is 9.59 Å². The third-order valence-electron chi connectivity index (χ3n) is 3.32. The number of hydrazone groups is 1. The standard InChI is InChI=1S/C19H13ClN2O4/c20-15-9-7-13(8-10-15)19(24)26-16-5-2-1-4-14(16)12-21-22-18(23)17-6-3-11-25-17/h1-12H,(H,22,23). The summed E-state index contributed by atoms with van der Waals surface area (Å²) in [5.74, 6) is -0.558. The van der Waals surface area contributed by atoms with Crippen molar-refractivity contribution in [3.05, 3.63) is 88.8 Å². The highest BCUT2D eigenvalue weighted by molar-refractivity contribution is 6.30. The van der Waals surface area contributed by atoms with Gasteiger partial charge in [-0.3, -0.25) is 4.79 Å². The van der Waals surface area contributed by atoms with Crippen molar-refractivity contribution in [3.8, 4) is 5.75 Å². The Kier molecular flexibility index (Phi) is 5.46. The van der Waals surface area contributed by atoms with E-state index < -0.39 is 11.9 Å². The van der Waals surface area contributed by atoms with Gasteiger partial charge < -0.3 is 9.15 Å². The Balaban J connectivity index is 1.69. The summed E-state index contributed by atoms with van der Waals surface area (Å²) in [6.45, 7) is 0. The molecule has 3 rings (SSSR count). The van der Waals surface area contributed by atoms with Gasteiger partial charge in [0.05, 0.1) is 18.0 Å². The topological polar surface area (TPSA) is 80.9 Å². The molecular weight excluding hydrogens is 356 g/mol. The van der Waals surface area contributed by atoms with Crippen LogP contribution in [-0.2, 0) is 0 Å². The SMILES string of the molecule is O=C(Oc1ccccc1C=NNC(=O)c1ccco1)c1ccc(Cl)cc1. The van der Waals surface area contributed by atoms with Crippen LogP contribution in [0.2, 0.25) is 5.02 Å².